The summed E-state index contributed by atoms with van der Waals surface area (Å²) in [7, 11) is 0. The standard InChI is InChI=1S/C14H10/c1-3-11-7-13(11)5-9(1)10-2-4-12-8-14(12)6-10/h1-6H,7-8H2. The molecule has 0 heterocycles. The van der Waals surface area contributed by atoms with E-state index in [4.69, 9.17) is 0 Å². The molecule has 0 bridgehead atoms. The lowest BCUT2D eigenvalue weighted by Gasteiger charge is -1.98. The van der Waals surface area contributed by atoms with E-state index in [9.17, 15) is 0 Å². The third kappa shape index (κ3) is 0.884. The first kappa shape index (κ1) is 6.83. The van der Waals surface area contributed by atoms with Gasteiger partial charge in [0, 0.05) is 0 Å². The van der Waals surface area contributed by atoms with Crippen LogP contribution >= 0.6 is 0 Å². The molecule has 0 nitrogen and oxygen atoms in total. The molecular weight excluding hydrogens is 168 g/mol. The Morgan fingerprint density at radius 3 is 1.50 bits per heavy atom. The molecule has 2 aliphatic carbocycles. The van der Waals surface area contributed by atoms with E-state index in [1.807, 2.05) is 0 Å². The lowest BCUT2D eigenvalue weighted by atomic mass is 10.1. The number of benzene rings is 2. The van der Waals surface area contributed by atoms with Crippen molar-refractivity contribution in [3.8, 4) is 11.1 Å². The molecule has 0 heteroatoms. The zero-order valence-corrected chi connectivity index (χ0v) is 7.88. The highest BCUT2D eigenvalue weighted by Gasteiger charge is 2.19. The van der Waals surface area contributed by atoms with Crippen molar-refractivity contribution in [3.63, 3.8) is 0 Å². The van der Waals surface area contributed by atoms with Gasteiger partial charge in [-0.2, -0.15) is 0 Å². The van der Waals surface area contributed by atoms with Gasteiger partial charge in [-0.3, -0.25) is 0 Å². The van der Waals surface area contributed by atoms with Gasteiger partial charge in [0.25, 0.3) is 0 Å². The van der Waals surface area contributed by atoms with E-state index in [1.54, 1.807) is 0 Å². The number of hydrogen-bond donors (Lipinski definition) is 0. The van der Waals surface area contributed by atoms with Crippen LogP contribution in [0, 0.1) is 0 Å². The van der Waals surface area contributed by atoms with Crippen LogP contribution in [0.4, 0.5) is 0 Å². The zero-order chi connectivity index (χ0) is 9.12. The average Bonchev–Trinajstić information content (AvgIpc) is 3.10. The minimum absolute atomic E-state index is 1.21. The lowest BCUT2D eigenvalue weighted by molar-refractivity contribution is 1.60. The van der Waals surface area contributed by atoms with Crippen molar-refractivity contribution >= 4 is 0 Å². The molecule has 0 N–H and O–H groups in total. The van der Waals surface area contributed by atoms with Gasteiger partial charge in [-0.25, -0.2) is 0 Å². The van der Waals surface area contributed by atoms with Gasteiger partial charge in [0.05, 0.1) is 0 Å². The summed E-state index contributed by atoms with van der Waals surface area (Å²) in [6, 6.07) is 13.7. The van der Waals surface area contributed by atoms with Crippen molar-refractivity contribution in [1.82, 2.24) is 0 Å². The Morgan fingerprint density at radius 2 is 1.07 bits per heavy atom. The van der Waals surface area contributed by atoms with E-state index in [1.165, 1.54) is 46.2 Å². The van der Waals surface area contributed by atoms with E-state index < -0.39 is 0 Å². The molecule has 0 spiro atoms. The summed E-state index contributed by atoms with van der Waals surface area (Å²) < 4.78 is 0. The quantitative estimate of drug-likeness (QED) is 0.420. The second-order valence-electron chi connectivity index (χ2n) is 4.32. The van der Waals surface area contributed by atoms with Crippen molar-refractivity contribution in [2.24, 2.45) is 0 Å². The highest BCUT2D eigenvalue weighted by molar-refractivity contribution is 5.70. The highest BCUT2D eigenvalue weighted by Crippen LogP contribution is 2.36. The monoisotopic (exact) mass is 178 g/mol. The molecular formula is C14H10. The second kappa shape index (κ2) is 2.09. The van der Waals surface area contributed by atoms with Crippen LogP contribution in [0.15, 0.2) is 36.4 Å². The van der Waals surface area contributed by atoms with Gasteiger partial charge in [-0.15, -0.1) is 0 Å². The topological polar surface area (TPSA) is 0 Å². The molecule has 4 rings (SSSR count). The predicted octanol–water partition coefficient (Wildman–Crippen LogP) is 3.16. The maximum atomic E-state index is 2.33. The molecule has 0 unspecified atom stereocenters. The fourth-order valence-corrected chi connectivity index (χ4v) is 2.15. The Balaban J connectivity index is 1.89. The first-order chi connectivity index (χ1) is 6.90. The van der Waals surface area contributed by atoms with Crippen LogP contribution in [0.25, 0.3) is 11.1 Å². The molecule has 14 heavy (non-hydrogen) atoms. The third-order valence-corrected chi connectivity index (χ3v) is 3.26. The van der Waals surface area contributed by atoms with E-state index in [0.29, 0.717) is 0 Å². The summed E-state index contributed by atoms with van der Waals surface area (Å²) in [6.07, 6.45) is 2.43. The van der Waals surface area contributed by atoms with Gasteiger partial charge >= 0.3 is 0 Å². The Kier molecular flexibility index (Phi) is 1.02. The Hall–Kier alpha value is -1.56. The van der Waals surface area contributed by atoms with Crippen molar-refractivity contribution < 1.29 is 0 Å². The van der Waals surface area contributed by atoms with E-state index in [0.717, 1.165) is 0 Å². The van der Waals surface area contributed by atoms with Crippen LogP contribution in [0.1, 0.15) is 22.3 Å². The molecule has 0 amide bonds. The zero-order valence-electron chi connectivity index (χ0n) is 7.88. The highest BCUT2D eigenvalue weighted by atomic mass is 14.2. The Bertz CT molecular complexity index is 498. The summed E-state index contributed by atoms with van der Waals surface area (Å²) in [5.74, 6) is 0. The van der Waals surface area contributed by atoms with Gasteiger partial charge in [-0.1, -0.05) is 36.4 Å². The van der Waals surface area contributed by atoms with Crippen molar-refractivity contribution in [2.75, 3.05) is 0 Å². The minimum atomic E-state index is 1.21. The van der Waals surface area contributed by atoms with Crippen LogP contribution in [0.5, 0.6) is 0 Å². The van der Waals surface area contributed by atoms with Gasteiger partial charge in [0.15, 0.2) is 0 Å². The van der Waals surface area contributed by atoms with E-state index >= 15 is 0 Å². The van der Waals surface area contributed by atoms with Crippen LogP contribution in [-0.4, -0.2) is 0 Å². The molecule has 0 atom stereocenters. The molecule has 66 valence electrons. The van der Waals surface area contributed by atoms with E-state index in [2.05, 4.69) is 36.4 Å². The molecule has 2 aromatic carbocycles. The average molecular weight is 178 g/mol. The van der Waals surface area contributed by atoms with E-state index in [-0.39, 0.29) is 0 Å². The molecule has 2 aliphatic rings. The van der Waals surface area contributed by atoms with Crippen LogP contribution in [-0.2, 0) is 12.8 Å². The summed E-state index contributed by atoms with van der Waals surface area (Å²) in [5.41, 5.74) is 8.90. The molecule has 0 saturated heterocycles. The first-order valence-electron chi connectivity index (χ1n) is 5.14. The summed E-state index contributed by atoms with van der Waals surface area (Å²) in [6.45, 7) is 0. The Morgan fingerprint density at radius 1 is 0.571 bits per heavy atom. The summed E-state index contributed by atoms with van der Waals surface area (Å²) in [5, 5.41) is 0. The van der Waals surface area contributed by atoms with Gasteiger partial charge in [0.2, 0.25) is 0 Å². The molecule has 0 radical (unpaired) electrons. The molecule has 0 aliphatic heterocycles. The lowest BCUT2D eigenvalue weighted by Crippen LogP contribution is -1.74. The van der Waals surface area contributed by atoms with Crippen molar-refractivity contribution in [2.45, 2.75) is 12.8 Å². The SMILES string of the molecule is c1cc2c(cc1-c1ccc3c(c1)C3)C2. The van der Waals surface area contributed by atoms with Crippen LogP contribution in [0.3, 0.4) is 0 Å². The van der Waals surface area contributed by atoms with Gasteiger partial charge in [-0.05, 0) is 46.2 Å². The molecule has 2 aromatic rings. The third-order valence-electron chi connectivity index (χ3n) is 3.26. The van der Waals surface area contributed by atoms with Gasteiger partial charge in [0.1, 0.15) is 0 Å². The van der Waals surface area contributed by atoms with Crippen LogP contribution < -0.4 is 0 Å². The number of fused-ring (bicyclic) bond motifs is 2. The fraction of sp³-hybridized carbons (Fsp3) is 0.143. The Labute approximate surface area is 83.2 Å². The van der Waals surface area contributed by atoms with Crippen molar-refractivity contribution in [1.29, 1.82) is 0 Å². The predicted molar refractivity (Wildman–Crippen MR) is 57.5 cm³/mol. The first-order valence-corrected chi connectivity index (χ1v) is 5.14. The molecule has 0 aromatic heterocycles. The molecule has 0 saturated carbocycles. The second-order valence-corrected chi connectivity index (χ2v) is 4.32. The summed E-state index contributed by atoms with van der Waals surface area (Å²) in [4.78, 5) is 0. The maximum Gasteiger partial charge on any atom is -0.00198 e. The van der Waals surface area contributed by atoms with Crippen molar-refractivity contribution in [3.05, 3.63) is 58.7 Å². The largest absolute Gasteiger partial charge is 0.0578 e. The fourth-order valence-electron chi connectivity index (χ4n) is 2.15. The van der Waals surface area contributed by atoms with Crippen LogP contribution in [0.2, 0.25) is 0 Å². The number of hydrogen-bond acceptors (Lipinski definition) is 0. The normalized spacial score (nSPS) is 14.6. The maximum absolute atomic E-state index is 2.33. The van der Waals surface area contributed by atoms with Gasteiger partial charge < -0.3 is 0 Å². The minimum Gasteiger partial charge on any atom is -0.0578 e. The number of rotatable bonds is 1. The summed E-state index contributed by atoms with van der Waals surface area (Å²) >= 11 is 0. The molecule has 0 fully saturated rings. The smallest absolute Gasteiger partial charge is 0.00198 e.